The largest absolute Gasteiger partial charge is 0.393 e. The highest BCUT2D eigenvalue weighted by atomic mass is 19.4. The molecule has 1 unspecified atom stereocenters. The zero-order valence-corrected chi connectivity index (χ0v) is 7.45. The minimum absolute atomic E-state index is 0.370. The number of alkyl halides is 3. The second kappa shape index (κ2) is 3.81. The third-order valence-electron chi connectivity index (χ3n) is 1.83. The van der Waals surface area contributed by atoms with Crippen LogP contribution in [0, 0.1) is 5.92 Å². The van der Waals surface area contributed by atoms with Gasteiger partial charge in [-0.15, -0.1) is 0 Å². The third-order valence-corrected chi connectivity index (χ3v) is 1.83. The van der Waals surface area contributed by atoms with Gasteiger partial charge in [0.25, 0.3) is 5.56 Å². The Bertz CT molecular complexity index is 358. The van der Waals surface area contributed by atoms with Crippen LogP contribution in [-0.4, -0.2) is 15.7 Å². The average molecular weight is 206 g/mol. The summed E-state index contributed by atoms with van der Waals surface area (Å²) in [5, 5.41) is 0. The zero-order chi connectivity index (χ0) is 10.8. The van der Waals surface area contributed by atoms with Crippen LogP contribution in [0.5, 0.6) is 0 Å². The topological polar surface area (TPSA) is 34.9 Å². The Morgan fingerprint density at radius 2 is 2.21 bits per heavy atom. The summed E-state index contributed by atoms with van der Waals surface area (Å²) in [4.78, 5) is 14.5. The Kier molecular flexibility index (Phi) is 2.93. The number of hydrogen-bond donors (Lipinski definition) is 0. The first-order valence-corrected chi connectivity index (χ1v) is 3.98. The highest BCUT2D eigenvalue weighted by molar-refractivity contribution is 4.81. The molecule has 0 aromatic carbocycles. The van der Waals surface area contributed by atoms with E-state index in [0.717, 1.165) is 17.7 Å². The van der Waals surface area contributed by atoms with Gasteiger partial charge in [0, 0.05) is 18.9 Å². The Hall–Kier alpha value is -1.33. The lowest BCUT2D eigenvalue weighted by Gasteiger charge is -2.16. The summed E-state index contributed by atoms with van der Waals surface area (Å²) in [7, 11) is 0. The van der Waals surface area contributed by atoms with Gasteiger partial charge in [-0.3, -0.25) is 9.78 Å². The molecule has 1 heterocycles. The number of rotatable bonds is 2. The standard InChI is InChI=1S/C8H9F3N2O/c1-6(8(9,10)11)5-13-3-2-12-4-7(13)14/h2-4,6H,5H2,1H3. The molecule has 1 rings (SSSR count). The van der Waals surface area contributed by atoms with E-state index in [0.29, 0.717) is 0 Å². The van der Waals surface area contributed by atoms with Gasteiger partial charge in [0.2, 0.25) is 0 Å². The van der Waals surface area contributed by atoms with Crippen molar-refractivity contribution in [2.45, 2.75) is 19.6 Å². The number of hydrogen-bond acceptors (Lipinski definition) is 2. The smallest absolute Gasteiger partial charge is 0.312 e. The van der Waals surface area contributed by atoms with Crippen molar-refractivity contribution in [1.29, 1.82) is 0 Å². The summed E-state index contributed by atoms with van der Waals surface area (Å²) < 4.78 is 37.4. The van der Waals surface area contributed by atoms with Crippen LogP contribution in [-0.2, 0) is 6.54 Å². The molecule has 0 bridgehead atoms. The fraction of sp³-hybridized carbons (Fsp3) is 0.500. The first-order valence-electron chi connectivity index (χ1n) is 3.98. The molecule has 3 nitrogen and oxygen atoms in total. The lowest BCUT2D eigenvalue weighted by atomic mass is 10.2. The van der Waals surface area contributed by atoms with Gasteiger partial charge < -0.3 is 4.57 Å². The molecule has 0 aliphatic rings. The number of halogens is 3. The molecule has 0 aliphatic carbocycles. The summed E-state index contributed by atoms with van der Waals surface area (Å²) in [6.07, 6.45) is -0.763. The Morgan fingerprint density at radius 3 is 2.71 bits per heavy atom. The van der Waals surface area contributed by atoms with Crippen LogP contribution in [0.3, 0.4) is 0 Å². The van der Waals surface area contributed by atoms with Crippen molar-refractivity contribution in [3.63, 3.8) is 0 Å². The number of aromatic nitrogens is 2. The van der Waals surface area contributed by atoms with Gasteiger partial charge >= 0.3 is 6.18 Å². The molecule has 1 aromatic heterocycles. The monoisotopic (exact) mass is 206 g/mol. The van der Waals surface area contributed by atoms with E-state index in [2.05, 4.69) is 4.98 Å². The highest BCUT2D eigenvalue weighted by Gasteiger charge is 2.35. The molecule has 0 saturated heterocycles. The molecule has 78 valence electrons. The first kappa shape index (κ1) is 10.7. The molecule has 0 N–H and O–H groups in total. The van der Waals surface area contributed by atoms with Crippen LogP contribution in [0.25, 0.3) is 0 Å². The van der Waals surface area contributed by atoms with Crippen molar-refractivity contribution in [2.24, 2.45) is 5.92 Å². The van der Waals surface area contributed by atoms with Crippen molar-refractivity contribution >= 4 is 0 Å². The molecule has 0 spiro atoms. The zero-order valence-electron chi connectivity index (χ0n) is 7.45. The summed E-state index contributed by atoms with van der Waals surface area (Å²) in [5.74, 6) is -1.54. The Labute approximate surface area is 78.2 Å². The average Bonchev–Trinajstić information content (AvgIpc) is 2.07. The quantitative estimate of drug-likeness (QED) is 0.733. The maximum Gasteiger partial charge on any atom is 0.393 e. The molecular weight excluding hydrogens is 197 g/mol. The van der Waals surface area contributed by atoms with Crippen LogP contribution in [0.2, 0.25) is 0 Å². The fourth-order valence-corrected chi connectivity index (χ4v) is 0.923. The van der Waals surface area contributed by atoms with Gasteiger partial charge in [-0.25, -0.2) is 0 Å². The normalized spacial score (nSPS) is 14.0. The van der Waals surface area contributed by atoms with E-state index < -0.39 is 17.7 Å². The molecule has 1 atom stereocenters. The van der Waals surface area contributed by atoms with E-state index in [1.807, 2.05) is 0 Å². The SMILES string of the molecule is CC(Cn1ccncc1=O)C(F)(F)F. The van der Waals surface area contributed by atoms with Gasteiger partial charge in [-0.2, -0.15) is 13.2 Å². The molecule has 6 heteroatoms. The van der Waals surface area contributed by atoms with Gasteiger partial charge in [-0.05, 0) is 0 Å². The van der Waals surface area contributed by atoms with E-state index in [1.165, 1.54) is 12.4 Å². The minimum atomic E-state index is -4.28. The van der Waals surface area contributed by atoms with E-state index in [1.54, 1.807) is 0 Å². The van der Waals surface area contributed by atoms with E-state index in [4.69, 9.17) is 0 Å². The minimum Gasteiger partial charge on any atom is -0.312 e. The predicted octanol–water partition coefficient (Wildman–Crippen LogP) is 1.44. The van der Waals surface area contributed by atoms with E-state index in [9.17, 15) is 18.0 Å². The summed E-state index contributed by atoms with van der Waals surface area (Å²) in [6.45, 7) is 0.664. The molecule has 1 aromatic rings. The van der Waals surface area contributed by atoms with Crippen molar-refractivity contribution < 1.29 is 13.2 Å². The van der Waals surface area contributed by atoms with Gasteiger partial charge in [-0.1, -0.05) is 6.92 Å². The maximum atomic E-state index is 12.1. The molecule has 0 aliphatic heterocycles. The third kappa shape index (κ3) is 2.58. The van der Waals surface area contributed by atoms with Crippen molar-refractivity contribution in [3.8, 4) is 0 Å². The van der Waals surface area contributed by atoms with E-state index >= 15 is 0 Å². The highest BCUT2D eigenvalue weighted by Crippen LogP contribution is 2.26. The van der Waals surface area contributed by atoms with Crippen LogP contribution in [0.1, 0.15) is 6.92 Å². The molecular formula is C8H9F3N2O. The molecule has 0 fully saturated rings. The van der Waals surface area contributed by atoms with Gasteiger partial charge in [0.15, 0.2) is 0 Å². The molecule has 0 saturated carbocycles. The van der Waals surface area contributed by atoms with Crippen molar-refractivity contribution in [2.75, 3.05) is 0 Å². The number of nitrogens with zero attached hydrogens (tertiary/aromatic N) is 2. The van der Waals surface area contributed by atoms with Crippen LogP contribution < -0.4 is 5.56 Å². The lowest BCUT2D eigenvalue weighted by Crippen LogP contribution is -2.29. The fourth-order valence-electron chi connectivity index (χ4n) is 0.923. The summed E-state index contributed by atoms with van der Waals surface area (Å²) >= 11 is 0. The predicted molar refractivity (Wildman–Crippen MR) is 43.7 cm³/mol. The summed E-state index contributed by atoms with van der Waals surface area (Å²) in [5.41, 5.74) is -0.524. The molecule has 14 heavy (non-hydrogen) atoms. The second-order valence-electron chi connectivity index (χ2n) is 3.01. The van der Waals surface area contributed by atoms with Crippen molar-refractivity contribution in [3.05, 3.63) is 28.9 Å². The van der Waals surface area contributed by atoms with Crippen LogP contribution in [0.15, 0.2) is 23.4 Å². The van der Waals surface area contributed by atoms with Crippen molar-refractivity contribution in [1.82, 2.24) is 9.55 Å². The first-order chi connectivity index (χ1) is 6.41. The van der Waals surface area contributed by atoms with Crippen LogP contribution in [0.4, 0.5) is 13.2 Å². The lowest BCUT2D eigenvalue weighted by molar-refractivity contribution is -0.173. The van der Waals surface area contributed by atoms with Crippen LogP contribution >= 0.6 is 0 Å². The van der Waals surface area contributed by atoms with Gasteiger partial charge in [0.1, 0.15) is 0 Å². The maximum absolute atomic E-state index is 12.1. The Morgan fingerprint density at radius 1 is 1.57 bits per heavy atom. The van der Waals surface area contributed by atoms with E-state index in [-0.39, 0.29) is 6.54 Å². The van der Waals surface area contributed by atoms with Gasteiger partial charge in [0.05, 0.1) is 12.1 Å². The Balaban J connectivity index is 2.80. The summed E-state index contributed by atoms with van der Waals surface area (Å²) in [6, 6.07) is 0. The molecule has 0 amide bonds. The second-order valence-corrected chi connectivity index (χ2v) is 3.01. The molecule has 0 radical (unpaired) electrons.